The lowest BCUT2D eigenvalue weighted by Gasteiger charge is -2.19. The second kappa shape index (κ2) is 7.63. The van der Waals surface area contributed by atoms with Crippen LogP contribution in [0.25, 0.3) is 0 Å². The monoisotopic (exact) mass is 227 g/mol. The van der Waals surface area contributed by atoms with Gasteiger partial charge in [0, 0.05) is 6.54 Å². The average Bonchev–Trinajstić information content (AvgIpc) is 2.52. The Hall–Kier alpha value is -0.610. The van der Waals surface area contributed by atoms with Gasteiger partial charge in [0.25, 0.3) is 0 Å². The fourth-order valence-corrected chi connectivity index (χ4v) is 2.04. The van der Waals surface area contributed by atoms with Crippen LogP contribution in [0.4, 0.5) is 0 Å². The molecule has 0 aromatic carbocycles. The first-order valence-corrected chi connectivity index (χ1v) is 6.46. The minimum Gasteiger partial charge on any atom is -0.355 e. The molecule has 1 saturated heterocycles. The van der Waals surface area contributed by atoms with Gasteiger partial charge in [-0.05, 0) is 45.8 Å². The van der Waals surface area contributed by atoms with Crippen LogP contribution in [0.3, 0.4) is 0 Å². The molecule has 1 aliphatic rings. The summed E-state index contributed by atoms with van der Waals surface area (Å²) in [5, 5.41) is 2.85. The molecule has 0 spiro atoms. The predicted octanol–water partition coefficient (Wildman–Crippen LogP) is 0.716. The Morgan fingerprint density at radius 2 is 1.94 bits per heavy atom. The van der Waals surface area contributed by atoms with Crippen molar-refractivity contribution in [2.24, 2.45) is 5.73 Å². The molecule has 1 heterocycles. The van der Waals surface area contributed by atoms with E-state index in [0.717, 1.165) is 19.5 Å². The summed E-state index contributed by atoms with van der Waals surface area (Å²) in [6.45, 7) is 6.00. The van der Waals surface area contributed by atoms with Gasteiger partial charge >= 0.3 is 0 Å². The van der Waals surface area contributed by atoms with Gasteiger partial charge in [-0.1, -0.05) is 12.8 Å². The molecule has 1 aliphatic heterocycles. The number of rotatable bonds is 5. The molecule has 94 valence electrons. The fourth-order valence-electron chi connectivity index (χ4n) is 2.04. The maximum absolute atomic E-state index is 11.2. The number of hydrogen-bond acceptors (Lipinski definition) is 3. The molecule has 3 N–H and O–H groups in total. The summed E-state index contributed by atoms with van der Waals surface area (Å²) < 4.78 is 0. The standard InChI is InChI=1S/C12H25N3O/c1-11(13)12(16)14-7-6-10-15-8-4-2-3-5-9-15/h11H,2-10,13H2,1H3,(H,14,16). The van der Waals surface area contributed by atoms with Crippen molar-refractivity contribution in [3.05, 3.63) is 0 Å². The number of nitrogens with one attached hydrogen (secondary N) is 1. The van der Waals surface area contributed by atoms with E-state index in [4.69, 9.17) is 5.73 Å². The fraction of sp³-hybridized carbons (Fsp3) is 0.917. The molecular formula is C12H25N3O. The van der Waals surface area contributed by atoms with Gasteiger partial charge in [0.1, 0.15) is 0 Å². The molecule has 1 atom stereocenters. The molecule has 1 amide bonds. The third-order valence-electron chi connectivity index (χ3n) is 3.06. The maximum atomic E-state index is 11.2. The molecule has 0 aromatic heterocycles. The molecule has 0 saturated carbocycles. The summed E-state index contributed by atoms with van der Waals surface area (Å²) in [5.74, 6) is -0.0455. The number of likely N-dealkylation sites (tertiary alicyclic amines) is 1. The Kier molecular flexibility index (Phi) is 6.42. The van der Waals surface area contributed by atoms with Crippen LogP contribution in [-0.2, 0) is 4.79 Å². The van der Waals surface area contributed by atoms with Gasteiger partial charge in [-0.3, -0.25) is 4.79 Å². The molecule has 1 fully saturated rings. The third-order valence-corrected chi connectivity index (χ3v) is 3.06. The first-order chi connectivity index (χ1) is 7.70. The topological polar surface area (TPSA) is 58.4 Å². The molecule has 0 aromatic rings. The van der Waals surface area contributed by atoms with Crippen molar-refractivity contribution in [1.29, 1.82) is 0 Å². The minimum absolute atomic E-state index is 0.0455. The van der Waals surface area contributed by atoms with Crippen molar-refractivity contribution >= 4 is 5.91 Å². The molecule has 1 unspecified atom stereocenters. The lowest BCUT2D eigenvalue weighted by Crippen LogP contribution is -2.39. The Morgan fingerprint density at radius 1 is 1.31 bits per heavy atom. The van der Waals surface area contributed by atoms with E-state index in [1.165, 1.54) is 38.8 Å². The number of nitrogens with two attached hydrogens (primary N) is 1. The number of nitrogens with zero attached hydrogens (tertiary/aromatic N) is 1. The zero-order chi connectivity index (χ0) is 11.8. The first kappa shape index (κ1) is 13.5. The second-order valence-electron chi connectivity index (χ2n) is 4.69. The Balaban J connectivity index is 2.03. The normalized spacial score (nSPS) is 20.1. The van der Waals surface area contributed by atoms with Gasteiger partial charge < -0.3 is 16.0 Å². The van der Waals surface area contributed by atoms with E-state index in [1.54, 1.807) is 6.92 Å². The summed E-state index contributed by atoms with van der Waals surface area (Å²) >= 11 is 0. The smallest absolute Gasteiger partial charge is 0.236 e. The highest BCUT2D eigenvalue weighted by molar-refractivity contribution is 5.80. The SMILES string of the molecule is CC(N)C(=O)NCCCN1CCCCCC1. The summed E-state index contributed by atoms with van der Waals surface area (Å²) in [7, 11) is 0. The van der Waals surface area contributed by atoms with Crippen LogP contribution in [0.15, 0.2) is 0 Å². The number of amides is 1. The van der Waals surface area contributed by atoms with E-state index in [9.17, 15) is 4.79 Å². The van der Waals surface area contributed by atoms with Crippen molar-refractivity contribution in [1.82, 2.24) is 10.2 Å². The number of hydrogen-bond donors (Lipinski definition) is 2. The van der Waals surface area contributed by atoms with Gasteiger partial charge in [-0.25, -0.2) is 0 Å². The van der Waals surface area contributed by atoms with E-state index < -0.39 is 6.04 Å². The van der Waals surface area contributed by atoms with E-state index in [1.807, 2.05) is 0 Å². The van der Waals surface area contributed by atoms with Gasteiger partial charge in [0.05, 0.1) is 6.04 Å². The summed E-state index contributed by atoms with van der Waals surface area (Å²) in [6, 6.07) is -0.391. The first-order valence-electron chi connectivity index (χ1n) is 6.46. The Morgan fingerprint density at radius 3 is 2.50 bits per heavy atom. The molecule has 4 nitrogen and oxygen atoms in total. The summed E-state index contributed by atoms with van der Waals surface area (Å²) in [4.78, 5) is 13.7. The van der Waals surface area contributed by atoms with Gasteiger partial charge in [-0.15, -0.1) is 0 Å². The molecule has 0 radical (unpaired) electrons. The van der Waals surface area contributed by atoms with Crippen LogP contribution in [0.2, 0.25) is 0 Å². The van der Waals surface area contributed by atoms with Crippen LogP contribution in [0.1, 0.15) is 39.0 Å². The minimum atomic E-state index is -0.391. The van der Waals surface area contributed by atoms with Crippen LogP contribution in [-0.4, -0.2) is 43.0 Å². The highest BCUT2D eigenvalue weighted by Crippen LogP contribution is 2.09. The predicted molar refractivity (Wildman–Crippen MR) is 66.2 cm³/mol. The average molecular weight is 227 g/mol. The quantitative estimate of drug-likeness (QED) is 0.680. The molecule has 0 aliphatic carbocycles. The Bertz CT molecular complexity index is 198. The summed E-state index contributed by atoms with van der Waals surface area (Å²) in [5.41, 5.74) is 5.46. The van der Waals surface area contributed by atoms with Crippen LogP contribution >= 0.6 is 0 Å². The van der Waals surface area contributed by atoms with E-state index >= 15 is 0 Å². The van der Waals surface area contributed by atoms with Crippen molar-refractivity contribution in [2.75, 3.05) is 26.2 Å². The van der Waals surface area contributed by atoms with Gasteiger partial charge in [0.15, 0.2) is 0 Å². The highest BCUT2D eigenvalue weighted by atomic mass is 16.2. The van der Waals surface area contributed by atoms with Crippen molar-refractivity contribution < 1.29 is 4.79 Å². The maximum Gasteiger partial charge on any atom is 0.236 e. The van der Waals surface area contributed by atoms with Crippen molar-refractivity contribution in [2.45, 2.75) is 45.1 Å². The molecule has 0 bridgehead atoms. The van der Waals surface area contributed by atoms with Crippen molar-refractivity contribution in [3.8, 4) is 0 Å². The number of carbonyl (C=O) groups is 1. The lowest BCUT2D eigenvalue weighted by molar-refractivity contribution is -0.121. The van der Waals surface area contributed by atoms with Gasteiger partial charge in [-0.2, -0.15) is 0 Å². The molecule has 4 heteroatoms. The van der Waals surface area contributed by atoms with Crippen LogP contribution < -0.4 is 11.1 Å². The van der Waals surface area contributed by atoms with Crippen LogP contribution in [0, 0.1) is 0 Å². The second-order valence-corrected chi connectivity index (χ2v) is 4.69. The zero-order valence-corrected chi connectivity index (χ0v) is 10.4. The number of carbonyl (C=O) groups excluding carboxylic acids is 1. The van der Waals surface area contributed by atoms with Crippen molar-refractivity contribution in [3.63, 3.8) is 0 Å². The van der Waals surface area contributed by atoms with E-state index in [0.29, 0.717) is 0 Å². The largest absolute Gasteiger partial charge is 0.355 e. The lowest BCUT2D eigenvalue weighted by atomic mass is 10.2. The summed E-state index contributed by atoms with van der Waals surface area (Å²) in [6.07, 6.45) is 6.42. The molecule has 1 rings (SSSR count). The van der Waals surface area contributed by atoms with E-state index in [-0.39, 0.29) is 5.91 Å². The van der Waals surface area contributed by atoms with Crippen LogP contribution in [0.5, 0.6) is 0 Å². The Labute approximate surface area is 98.6 Å². The molecule has 16 heavy (non-hydrogen) atoms. The highest BCUT2D eigenvalue weighted by Gasteiger charge is 2.09. The van der Waals surface area contributed by atoms with E-state index in [2.05, 4.69) is 10.2 Å². The molecular weight excluding hydrogens is 202 g/mol. The third kappa shape index (κ3) is 5.47. The zero-order valence-electron chi connectivity index (χ0n) is 10.4. The van der Waals surface area contributed by atoms with Gasteiger partial charge in [0.2, 0.25) is 5.91 Å².